The van der Waals surface area contributed by atoms with Crippen molar-refractivity contribution >= 4 is 0 Å². The fourth-order valence-corrected chi connectivity index (χ4v) is 2.52. The number of rotatable bonds is 1. The Labute approximate surface area is 106 Å². The Morgan fingerprint density at radius 2 is 2.11 bits per heavy atom. The molecule has 1 aromatic rings. The number of nitrogens with one attached hydrogen (secondary N) is 1. The maximum absolute atomic E-state index is 13.2. The van der Waals surface area contributed by atoms with E-state index < -0.39 is 12.5 Å². The van der Waals surface area contributed by atoms with Crippen molar-refractivity contribution in [3.05, 3.63) is 23.8 Å². The molecule has 2 aliphatic heterocycles. The van der Waals surface area contributed by atoms with Crippen molar-refractivity contribution in [3.63, 3.8) is 0 Å². The molecular formula is C12H11F4NO2. The minimum atomic E-state index is -4.73. The van der Waals surface area contributed by atoms with Gasteiger partial charge in [-0.15, -0.1) is 13.2 Å². The predicted octanol–water partition coefficient (Wildman–Crippen LogP) is 2.72. The number of hydrogen-bond acceptors (Lipinski definition) is 3. The van der Waals surface area contributed by atoms with Gasteiger partial charge in [0.2, 0.25) is 0 Å². The number of alkyl halides is 4. The lowest BCUT2D eigenvalue weighted by Crippen LogP contribution is -2.42. The van der Waals surface area contributed by atoms with Gasteiger partial charge in [-0.2, -0.15) is 0 Å². The van der Waals surface area contributed by atoms with Gasteiger partial charge in [0.25, 0.3) is 0 Å². The van der Waals surface area contributed by atoms with E-state index in [1.807, 2.05) is 0 Å². The fraction of sp³-hybridized carbons (Fsp3) is 0.500. The Morgan fingerprint density at radius 1 is 1.32 bits per heavy atom. The van der Waals surface area contributed by atoms with Crippen LogP contribution in [0.3, 0.4) is 0 Å². The van der Waals surface area contributed by atoms with Gasteiger partial charge in [-0.1, -0.05) is 0 Å². The van der Waals surface area contributed by atoms with Crippen LogP contribution >= 0.6 is 0 Å². The van der Waals surface area contributed by atoms with E-state index in [1.54, 1.807) is 0 Å². The summed E-state index contributed by atoms with van der Waals surface area (Å²) in [6.45, 7) is 0.227. The average molecular weight is 277 g/mol. The lowest BCUT2D eigenvalue weighted by atomic mass is 9.96. The molecule has 7 heteroatoms. The van der Waals surface area contributed by atoms with Crippen LogP contribution in [-0.4, -0.2) is 25.2 Å². The molecule has 3 unspecified atom stereocenters. The van der Waals surface area contributed by atoms with E-state index in [0.29, 0.717) is 5.75 Å². The van der Waals surface area contributed by atoms with Gasteiger partial charge < -0.3 is 14.8 Å². The third-order valence-corrected chi connectivity index (χ3v) is 3.25. The maximum atomic E-state index is 13.2. The van der Waals surface area contributed by atoms with Crippen LogP contribution in [0.15, 0.2) is 18.2 Å². The molecule has 1 aromatic carbocycles. The van der Waals surface area contributed by atoms with Crippen LogP contribution in [0.4, 0.5) is 17.6 Å². The van der Waals surface area contributed by atoms with Gasteiger partial charge in [0.15, 0.2) is 0 Å². The number of ether oxygens (including phenoxy) is 2. The van der Waals surface area contributed by atoms with Gasteiger partial charge in [0, 0.05) is 24.6 Å². The van der Waals surface area contributed by atoms with Crippen molar-refractivity contribution in [1.29, 1.82) is 0 Å². The van der Waals surface area contributed by atoms with Crippen LogP contribution in [0.5, 0.6) is 11.5 Å². The van der Waals surface area contributed by atoms with E-state index in [9.17, 15) is 17.6 Å². The summed E-state index contributed by atoms with van der Waals surface area (Å²) in [6.07, 6.45) is -5.87. The van der Waals surface area contributed by atoms with Gasteiger partial charge >= 0.3 is 6.36 Å². The number of fused-ring (bicyclic) bond motifs is 3. The second-order valence-electron chi connectivity index (χ2n) is 4.62. The molecule has 3 atom stereocenters. The highest BCUT2D eigenvalue weighted by Gasteiger charge is 2.40. The van der Waals surface area contributed by atoms with E-state index in [-0.39, 0.29) is 30.9 Å². The number of hydrogen-bond donors (Lipinski definition) is 1. The zero-order valence-corrected chi connectivity index (χ0v) is 9.71. The summed E-state index contributed by atoms with van der Waals surface area (Å²) in [5.74, 6) is -0.0138. The molecule has 104 valence electrons. The standard InChI is InChI=1S/C12H11F4NO2/c13-6-3-10-11(17-5-6)8-2-1-7(4-9(8)18-10)19-12(14,15)16/h1-2,4,6,10-11,17H,3,5H2. The molecule has 19 heavy (non-hydrogen) atoms. The van der Waals surface area contributed by atoms with Crippen LogP contribution in [0, 0.1) is 0 Å². The minimum Gasteiger partial charge on any atom is -0.488 e. The first-order valence-corrected chi connectivity index (χ1v) is 5.86. The van der Waals surface area contributed by atoms with Crippen molar-refractivity contribution in [2.75, 3.05) is 6.54 Å². The summed E-state index contributed by atoms with van der Waals surface area (Å²) in [5, 5.41) is 2.99. The van der Waals surface area contributed by atoms with Gasteiger partial charge in [0.05, 0.1) is 6.04 Å². The van der Waals surface area contributed by atoms with E-state index in [2.05, 4.69) is 10.1 Å². The van der Waals surface area contributed by atoms with Crippen LogP contribution in [-0.2, 0) is 0 Å². The molecule has 2 aliphatic rings. The molecule has 1 N–H and O–H groups in total. The third-order valence-electron chi connectivity index (χ3n) is 3.25. The highest BCUT2D eigenvalue weighted by Crippen LogP contribution is 2.42. The van der Waals surface area contributed by atoms with Crippen LogP contribution in [0.25, 0.3) is 0 Å². The average Bonchev–Trinajstić information content (AvgIpc) is 2.62. The van der Waals surface area contributed by atoms with Crippen molar-refractivity contribution in [2.24, 2.45) is 0 Å². The summed E-state index contributed by atoms with van der Waals surface area (Å²) in [6, 6.07) is 3.78. The van der Waals surface area contributed by atoms with Gasteiger partial charge in [-0.25, -0.2) is 4.39 Å². The first-order valence-electron chi connectivity index (χ1n) is 5.86. The molecule has 3 nitrogen and oxygen atoms in total. The quantitative estimate of drug-likeness (QED) is 0.801. The van der Waals surface area contributed by atoms with Crippen LogP contribution in [0.1, 0.15) is 18.0 Å². The number of piperidine rings is 1. The Kier molecular flexibility index (Phi) is 2.81. The summed E-state index contributed by atoms with van der Waals surface area (Å²) in [4.78, 5) is 0. The monoisotopic (exact) mass is 277 g/mol. The Hall–Kier alpha value is -1.50. The zero-order chi connectivity index (χ0) is 13.6. The molecule has 0 bridgehead atoms. The maximum Gasteiger partial charge on any atom is 0.573 e. The molecule has 3 rings (SSSR count). The van der Waals surface area contributed by atoms with Gasteiger partial charge in [-0.3, -0.25) is 0 Å². The fourth-order valence-electron chi connectivity index (χ4n) is 2.52. The summed E-state index contributed by atoms with van der Waals surface area (Å²) >= 11 is 0. The third kappa shape index (κ3) is 2.47. The SMILES string of the molecule is FC1CNC2c3ccc(OC(F)(F)F)cc3OC2C1. The molecule has 1 fully saturated rings. The number of halogens is 4. The molecule has 0 aliphatic carbocycles. The second-order valence-corrected chi connectivity index (χ2v) is 4.62. The normalized spacial score (nSPS) is 29.4. The Morgan fingerprint density at radius 3 is 2.84 bits per heavy atom. The molecule has 0 saturated carbocycles. The van der Waals surface area contributed by atoms with Crippen molar-refractivity contribution in [3.8, 4) is 11.5 Å². The zero-order valence-electron chi connectivity index (χ0n) is 9.71. The van der Waals surface area contributed by atoms with E-state index >= 15 is 0 Å². The summed E-state index contributed by atoms with van der Waals surface area (Å²) < 4.78 is 58.9. The lowest BCUT2D eigenvalue weighted by Gasteiger charge is -2.27. The Bertz CT molecular complexity index is 491. The van der Waals surface area contributed by atoms with Crippen LogP contribution in [0.2, 0.25) is 0 Å². The highest BCUT2D eigenvalue weighted by molar-refractivity contribution is 5.46. The molecule has 1 saturated heterocycles. The van der Waals surface area contributed by atoms with Crippen LogP contribution < -0.4 is 14.8 Å². The van der Waals surface area contributed by atoms with E-state index in [1.165, 1.54) is 18.2 Å². The van der Waals surface area contributed by atoms with Crippen molar-refractivity contribution in [2.45, 2.75) is 31.1 Å². The minimum absolute atomic E-state index is 0.165. The topological polar surface area (TPSA) is 30.5 Å². The Balaban J connectivity index is 1.83. The first-order chi connectivity index (χ1) is 8.92. The first kappa shape index (κ1) is 12.5. The molecular weight excluding hydrogens is 266 g/mol. The number of benzene rings is 1. The summed E-state index contributed by atoms with van der Waals surface area (Å²) in [7, 11) is 0. The molecule has 0 radical (unpaired) electrons. The molecule has 0 spiro atoms. The van der Waals surface area contributed by atoms with E-state index in [0.717, 1.165) is 5.56 Å². The van der Waals surface area contributed by atoms with Gasteiger partial charge in [-0.05, 0) is 12.1 Å². The molecule has 0 aromatic heterocycles. The lowest BCUT2D eigenvalue weighted by molar-refractivity contribution is -0.274. The molecule has 2 heterocycles. The molecule has 0 amide bonds. The van der Waals surface area contributed by atoms with Crippen molar-refractivity contribution in [1.82, 2.24) is 5.32 Å². The van der Waals surface area contributed by atoms with E-state index in [4.69, 9.17) is 4.74 Å². The highest BCUT2D eigenvalue weighted by atomic mass is 19.4. The van der Waals surface area contributed by atoms with Crippen molar-refractivity contribution < 1.29 is 27.0 Å². The predicted molar refractivity (Wildman–Crippen MR) is 57.8 cm³/mol. The summed E-state index contributed by atoms with van der Waals surface area (Å²) in [5.41, 5.74) is 0.742. The second kappa shape index (κ2) is 4.26. The largest absolute Gasteiger partial charge is 0.573 e. The van der Waals surface area contributed by atoms with Gasteiger partial charge in [0.1, 0.15) is 23.8 Å². The smallest absolute Gasteiger partial charge is 0.488 e.